The summed E-state index contributed by atoms with van der Waals surface area (Å²) in [5, 5.41) is 9.69. The van der Waals surface area contributed by atoms with Crippen molar-refractivity contribution in [2.75, 3.05) is 18.4 Å². The van der Waals surface area contributed by atoms with Crippen molar-refractivity contribution in [3.8, 4) is 0 Å². The van der Waals surface area contributed by atoms with Crippen molar-refractivity contribution >= 4 is 5.82 Å². The third-order valence-electron chi connectivity index (χ3n) is 3.23. The zero-order valence-electron chi connectivity index (χ0n) is 9.80. The van der Waals surface area contributed by atoms with Gasteiger partial charge in [-0.15, -0.1) is 10.2 Å². The van der Waals surface area contributed by atoms with Gasteiger partial charge in [-0.25, -0.2) is 0 Å². The summed E-state index contributed by atoms with van der Waals surface area (Å²) in [6.45, 7) is 1.31. The zero-order chi connectivity index (χ0) is 13.2. The molecule has 0 amide bonds. The molecule has 0 aromatic carbocycles. The van der Waals surface area contributed by atoms with E-state index in [1.165, 1.54) is 6.07 Å². The average Bonchev–Trinajstić information content (AvgIpc) is 3.07. The molecule has 4 nitrogen and oxygen atoms in total. The second kappa shape index (κ2) is 4.72. The van der Waals surface area contributed by atoms with Crippen LogP contribution in [-0.4, -0.2) is 23.3 Å². The third kappa shape index (κ3) is 3.10. The lowest BCUT2D eigenvalue weighted by molar-refractivity contribution is -0.141. The molecule has 0 bridgehead atoms. The number of alkyl halides is 3. The van der Waals surface area contributed by atoms with Gasteiger partial charge in [0.15, 0.2) is 5.69 Å². The lowest BCUT2D eigenvalue weighted by atomic mass is 10.0. The minimum absolute atomic E-state index is 0.207. The minimum Gasteiger partial charge on any atom is -0.368 e. The van der Waals surface area contributed by atoms with Crippen LogP contribution < -0.4 is 11.1 Å². The summed E-state index contributed by atoms with van der Waals surface area (Å²) in [6, 6.07) is 2.23. The molecule has 0 atom stereocenters. The quantitative estimate of drug-likeness (QED) is 0.850. The van der Waals surface area contributed by atoms with Crippen LogP contribution >= 0.6 is 0 Å². The maximum atomic E-state index is 12.3. The summed E-state index contributed by atoms with van der Waals surface area (Å²) in [5.74, 6) is 0.367. The summed E-state index contributed by atoms with van der Waals surface area (Å²) in [6.07, 6.45) is -1.31. The lowest BCUT2D eigenvalue weighted by Gasteiger charge is -2.15. The van der Waals surface area contributed by atoms with Crippen LogP contribution in [0, 0.1) is 5.41 Å². The van der Waals surface area contributed by atoms with Gasteiger partial charge in [-0.05, 0) is 43.4 Å². The molecule has 1 aromatic heterocycles. The van der Waals surface area contributed by atoms with E-state index in [2.05, 4.69) is 15.5 Å². The molecule has 100 valence electrons. The fraction of sp³-hybridized carbons (Fsp3) is 0.636. The summed E-state index contributed by atoms with van der Waals surface area (Å²) in [5.41, 5.74) is 4.74. The molecular formula is C11H15F3N4. The Morgan fingerprint density at radius 1 is 1.28 bits per heavy atom. The number of nitrogens with one attached hydrogen (secondary N) is 1. The smallest absolute Gasteiger partial charge is 0.368 e. The van der Waals surface area contributed by atoms with Crippen molar-refractivity contribution in [2.45, 2.75) is 25.4 Å². The first-order valence-electron chi connectivity index (χ1n) is 5.80. The molecule has 0 spiro atoms. The Labute approximate surface area is 103 Å². The van der Waals surface area contributed by atoms with Crippen LogP contribution in [0.2, 0.25) is 0 Å². The van der Waals surface area contributed by atoms with E-state index in [1.54, 1.807) is 0 Å². The molecule has 0 saturated heterocycles. The summed E-state index contributed by atoms with van der Waals surface area (Å²) >= 11 is 0. The molecule has 1 aliphatic carbocycles. The standard InChI is InChI=1S/C11H15F3N4/c12-11(13,14)8-1-2-9(18-17-8)16-7-10(3-4-10)5-6-15/h1-2H,3-7,15H2,(H,16,18). The monoisotopic (exact) mass is 260 g/mol. The van der Waals surface area contributed by atoms with Gasteiger partial charge in [-0.3, -0.25) is 0 Å². The molecule has 0 radical (unpaired) electrons. The van der Waals surface area contributed by atoms with Gasteiger partial charge in [0.05, 0.1) is 0 Å². The van der Waals surface area contributed by atoms with E-state index in [1.807, 2.05) is 0 Å². The Bertz CT molecular complexity index is 398. The highest BCUT2D eigenvalue weighted by Gasteiger charge is 2.41. The molecular weight excluding hydrogens is 245 g/mol. The van der Waals surface area contributed by atoms with Crippen molar-refractivity contribution in [3.63, 3.8) is 0 Å². The Morgan fingerprint density at radius 2 is 2.00 bits per heavy atom. The molecule has 1 aliphatic rings. The van der Waals surface area contributed by atoms with Gasteiger partial charge in [0, 0.05) is 6.54 Å². The number of rotatable bonds is 5. The number of halogens is 3. The first kappa shape index (κ1) is 13.1. The van der Waals surface area contributed by atoms with Crippen LogP contribution in [0.15, 0.2) is 12.1 Å². The number of aromatic nitrogens is 2. The van der Waals surface area contributed by atoms with Crippen molar-refractivity contribution in [3.05, 3.63) is 17.8 Å². The fourth-order valence-corrected chi connectivity index (χ4v) is 1.85. The predicted octanol–water partition coefficient (Wildman–Crippen LogP) is 2.04. The largest absolute Gasteiger partial charge is 0.435 e. The van der Waals surface area contributed by atoms with Crippen molar-refractivity contribution in [1.82, 2.24) is 10.2 Å². The minimum atomic E-state index is -4.44. The zero-order valence-corrected chi connectivity index (χ0v) is 9.80. The Kier molecular flexibility index (Phi) is 3.43. The lowest BCUT2D eigenvalue weighted by Crippen LogP contribution is -2.20. The van der Waals surface area contributed by atoms with Crippen molar-refractivity contribution in [1.29, 1.82) is 0 Å². The topological polar surface area (TPSA) is 63.8 Å². The van der Waals surface area contributed by atoms with E-state index < -0.39 is 11.9 Å². The van der Waals surface area contributed by atoms with Crippen LogP contribution in [0.5, 0.6) is 0 Å². The highest BCUT2D eigenvalue weighted by atomic mass is 19.4. The molecule has 1 saturated carbocycles. The number of hydrogen-bond acceptors (Lipinski definition) is 4. The summed E-state index contributed by atoms with van der Waals surface area (Å²) in [4.78, 5) is 0. The van der Waals surface area contributed by atoms with E-state index in [-0.39, 0.29) is 5.41 Å². The second-order valence-corrected chi connectivity index (χ2v) is 4.69. The number of hydrogen-bond donors (Lipinski definition) is 2. The Hall–Kier alpha value is -1.37. The maximum Gasteiger partial charge on any atom is 0.435 e. The van der Waals surface area contributed by atoms with E-state index in [4.69, 9.17) is 5.73 Å². The van der Waals surface area contributed by atoms with E-state index in [0.29, 0.717) is 18.9 Å². The van der Waals surface area contributed by atoms with Crippen LogP contribution in [0.3, 0.4) is 0 Å². The van der Waals surface area contributed by atoms with Crippen LogP contribution in [-0.2, 0) is 6.18 Å². The molecule has 1 fully saturated rings. The molecule has 7 heteroatoms. The van der Waals surface area contributed by atoms with E-state index in [0.717, 1.165) is 25.3 Å². The van der Waals surface area contributed by atoms with Gasteiger partial charge in [-0.2, -0.15) is 13.2 Å². The van der Waals surface area contributed by atoms with Crippen LogP contribution in [0.25, 0.3) is 0 Å². The number of nitrogens with two attached hydrogens (primary N) is 1. The van der Waals surface area contributed by atoms with Crippen LogP contribution in [0.1, 0.15) is 25.0 Å². The summed E-state index contributed by atoms with van der Waals surface area (Å²) < 4.78 is 36.8. The molecule has 18 heavy (non-hydrogen) atoms. The van der Waals surface area contributed by atoms with Gasteiger partial charge in [-0.1, -0.05) is 0 Å². The van der Waals surface area contributed by atoms with E-state index >= 15 is 0 Å². The first-order valence-corrected chi connectivity index (χ1v) is 5.80. The van der Waals surface area contributed by atoms with Crippen LogP contribution in [0.4, 0.5) is 19.0 Å². The molecule has 0 aliphatic heterocycles. The SMILES string of the molecule is NCCC1(CNc2ccc(C(F)(F)F)nn2)CC1. The van der Waals surface area contributed by atoms with Gasteiger partial charge in [0.2, 0.25) is 0 Å². The van der Waals surface area contributed by atoms with E-state index in [9.17, 15) is 13.2 Å². The second-order valence-electron chi connectivity index (χ2n) is 4.69. The average molecular weight is 260 g/mol. The molecule has 0 unspecified atom stereocenters. The Balaban J connectivity index is 1.91. The predicted molar refractivity (Wildman–Crippen MR) is 60.9 cm³/mol. The summed E-state index contributed by atoms with van der Waals surface area (Å²) in [7, 11) is 0. The first-order chi connectivity index (χ1) is 8.45. The highest BCUT2D eigenvalue weighted by Crippen LogP contribution is 2.48. The van der Waals surface area contributed by atoms with Gasteiger partial charge >= 0.3 is 6.18 Å². The van der Waals surface area contributed by atoms with Gasteiger partial charge < -0.3 is 11.1 Å². The number of anilines is 1. The molecule has 3 N–H and O–H groups in total. The molecule has 1 aromatic rings. The maximum absolute atomic E-state index is 12.3. The Morgan fingerprint density at radius 3 is 2.44 bits per heavy atom. The normalized spacial score (nSPS) is 17.6. The molecule has 2 rings (SSSR count). The third-order valence-corrected chi connectivity index (χ3v) is 3.23. The van der Waals surface area contributed by atoms with Gasteiger partial charge in [0.25, 0.3) is 0 Å². The van der Waals surface area contributed by atoms with Crippen molar-refractivity contribution in [2.24, 2.45) is 11.1 Å². The molecule has 1 heterocycles. The fourth-order valence-electron chi connectivity index (χ4n) is 1.85. The van der Waals surface area contributed by atoms with Gasteiger partial charge in [0.1, 0.15) is 5.82 Å². The number of nitrogens with zero attached hydrogens (tertiary/aromatic N) is 2. The highest BCUT2D eigenvalue weighted by molar-refractivity contribution is 5.34. The van der Waals surface area contributed by atoms with Crippen molar-refractivity contribution < 1.29 is 13.2 Å².